The first kappa shape index (κ1) is 17.6. The maximum Gasteiger partial charge on any atom is 0.248 e. The van der Waals surface area contributed by atoms with Crippen LogP contribution in [0.4, 0.5) is 5.69 Å². The summed E-state index contributed by atoms with van der Waals surface area (Å²) in [6.07, 6.45) is 4.60. The topological polar surface area (TPSA) is 97.4 Å². The van der Waals surface area contributed by atoms with Crippen LogP contribution in [0.25, 0.3) is 6.08 Å². The Balaban J connectivity index is 1.79. The molecule has 2 aromatic rings. The highest BCUT2D eigenvalue weighted by molar-refractivity contribution is 7.89. The maximum absolute atomic E-state index is 12.3. The lowest BCUT2D eigenvalue weighted by atomic mass is 10.3. The quantitative estimate of drug-likeness (QED) is 0.719. The lowest BCUT2D eigenvalue weighted by molar-refractivity contribution is -0.111. The number of methoxy groups -OCH3 is 1. The minimum atomic E-state index is -3.61. The van der Waals surface area contributed by atoms with Crippen molar-refractivity contribution in [3.05, 3.63) is 40.9 Å². The second kappa shape index (κ2) is 7.34. The van der Waals surface area contributed by atoms with Crippen LogP contribution in [-0.2, 0) is 14.8 Å². The third kappa shape index (κ3) is 4.65. The van der Waals surface area contributed by atoms with Gasteiger partial charge in [-0.25, -0.2) is 18.1 Å². The molecular weight excluding hydrogens is 362 g/mol. The van der Waals surface area contributed by atoms with Gasteiger partial charge in [0.2, 0.25) is 15.9 Å². The Morgan fingerprint density at radius 2 is 2.20 bits per heavy atom. The molecule has 0 aliphatic heterocycles. The average molecular weight is 379 g/mol. The number of aromatic nitrogens is 1. The van der Waals surface area contributed by atoms with Crippen LogP contribution in [0.2, 0.25) is 0 Å². The summed E-state index contributed by atoms with van der Waals surface area (Å²) in [6.45, 7) is 0. The molecule has 0 saturated heterocycles. The predicted octanol–water partition coefficient (Wildman–Crippen LogP) is 2.24. The van der Waals surface area contributed by atoms with Gasteiger partial charge >= 0.3 is 0 Å². The molecule has 1 heterocycles. The normalized spacial score (nSPS) is 14.6. The molecule has 0 unspecified atom stereocenters. The molecule has 0 radical (unpaired) electrons. The lowest BCUT2D eigenvalue weighted by Gasteiger charge is -2.12. The maximum atomic E-state index is 12.3. The number of sulfonamides is 1. The Morgan fingerprint density at radius 1 is 1.40 bits per heavy atom. The third-order valence-corrected chi connectivity index (χ3v) is 5.62. The number of benzene rings is 1. The van der Waals surface area contributed by atoms with Crippen molar-refractivity contribution in [3.63, 3.8) is 0 Å². The molecule has 1 aliphatic carbocycles. The Morgan fingerprint density at radius 3 is 2.84 bits per heavy atom. The number of carbonyl (C=O) groups is 1. The highest BCUT2D eigenvalue weighted by atomic mass is 32.2. The van der Waals surface area contributed by atoms with Crippen molar-refractivity contribution in [2.24, 2.45) is 0 Å². The van der Waals surface area contributed by atoms with E-state index in [1.807, 2.05) is 0 Å². The van der Waals surface area contributed by atoms with Crippen LogP contribution in [-0.4, -0.2) is 32.5 Å². The zero-order valence-corrected chi connectivity index (χ0v) is 15.1. The minimum absolute atomic E-state index is 0.00573. The molecule has 0 spiro atoms. The highest BCUT2D eigenvalue weighted by Crippen LogP contribution is 2.29. The number of thiazole rings is 1. The summed E-state index contributed by atoms with van der Waals surface area (Å²) in [5.41, 5.74) is 2.63. The molecule has 1 aromatic heterocycles. The van der Waals surface area contributed by atoms with E-state index in [9.17, 15) is 13.2 Å². The van der Waals surface area contributed by atoms with E-state index >= 15 is 0 Å². The summed E-state index contributed by atoms with van der Waals surface area (Å²) in [5, 5.41) is 4.44. The fraction of sp³-hybridized carbons (Fsp3) is 0.250. The molecule has 1 fully saturated rings. The van der Waals surface area contributed by atoms with Gasteiger partial charge in [0, 0.05) is 17.5 Å². The van der Waals surface area contributed by atoms with Gasteiger partial charge in [-0.2, -0.15) is 0 Å². The molecule has 25 heavy (non-hydrogen) atoms. The van der Waals surface area contributed by atoms with Gasteiger partial charge in [0.05, 0.1) is 28.9 Å². The van der Waals surface area contributed by atoms with Crippen molar-refractivity contribution in [1.82, 2.24) is 9.71 Å². The standard InChI is InChI=1S/C16H17N3O4S2/c1-23-15-6-5-13(25(21,22)19-11-2-3-11)8-14(15)18-16(20)7-4-12-9-24-10-17-12/h4-11,19H,2-3H2,1H3,(H,18,20). The van der Waals surface area contributed by atoms with Gasteiger partial charge in [-0.1, -0.05) is 0 Å². The van der Waals surface area contributed by atoms with Crippen molar-refractivity contribution < 1.29 is 17.9 Å². The zero-order chi connectivity index (χ0) is 17.9. The van der Waals surface area contributed by atoms with Gasteiger partial charge in [-0.05, 0) is 37.1 Å². The first-order valence-electron chi connectivity index (χ1n) is 7.55. The zero-order valence-electron chi connectivity index (χ0n) is 13.4. The Hall–Kier alpha value is -2.23. The van der Waals surface area contributed by atoms with Crippen LogP contribution in [0.3, 0.4) is 0 Å². The molecule has 3 rings (SSSR count). The summed E-state index contributed by atoms with van der Waals surface area (Å²) in [6, 6.07) is 4.36. The number of nitrogens with zero attached hydrogens (tertiary/aromatic N) is 1. The van der Waals surface area contributed by atoms with Crippen LogP contribution < -0.4 is 14.8 Å². The van der Waals surface area contributed by atoms with Crippen molar-refractivity contribution in [2.75, 3.05) is 12.4 Å². The first-order chi connectivity index (χ1) is 12.0. The van der Waals surface area contributed by atoms with E-state index in [1.165, 1.54) is 42.7 Å². The SMILES string of the molecule is COc1ccc(S(=O)(=O)NC2CC2)cc1NC(=O)C=Cc1cscn1. The molecule has 7 nitrogen and oxygen atoms in total. The van der Waals surface area contributed by atoms with Gasteiger partial charge in [-0.3, -0.25) is 4.79 Å². The van der Waals surface area contributed by atoms with Crippen LogP contribution in [0.15, 0.2) is 40.1 Å². The molecule has 0 bridgehead atoms. The molecule has 132 valence electrons. The fourth-order valence-corrected chi connectivity index (χ4v) is 3.93. The molecule has 1 saturated carbocycles. The number of ether oxygens (including phenoxy) is 1. The number of carbonyl (C=O) groups excluding carboxylic acids is 1. The van der Waals surface area contributed by atoms with Crippen molar-refractivity contribution in [2.45, 2.75) is 23.8 Å². The smallest absolute Gasteiger partial charge is 0.248 e. The van der Waals surface area contributed by atoms with Crippen LogP contribution in [0.5, 0.6) is 5.75 Å². The van der Waals surface area contributed by atoms with E-state index in [2.05, 4.69) is 15.0 Å². The van der Waals surface area contributed by atoms with Crippen LogP contribution in [0, 0.1) is 0 Å². The van der Waals surface area contributed by atoms with Crippen molar-refractivity contribution in [1.29, 1.82) is 0 Å². The van der Waals surface area contributed by atoms with Gasteiger partial charge < -0.3 is 10.1 Å². The fourth-order valence-electron chi connectivity index (χ4n) is 2.08. The first-order valence-corrected chi connectivity index (χ1v) is 9.98. The van der Waals surface area contributed by atoms with E-state index in [0.717, 1.165) is 12.8 Å². The second-order valence-electron chi connectivity index (χ2n) is 5.49. The Bertz CT molecular complexity index is 888. The van der Waals surface area contributed by atoms with E-state index in [4.69, 9.17) is 4.74 Å². The molecule has 1 amide bonds. The number of anilines is 1. The van der Waals surface area contributed by atoms with Crippen molar-refractivity contribution in [3.8, 4) is 5.75 Å². The number of nitrogens with one attached hydrogen (secondary N) is 2. The van der Waals surface area contributed by atoms with Crippen molar-refractivity contribution >= 4 is 39.0 Å². The number of rotatable bonds is 7. The van der Waals surface area contributed by atoms with Gasteiger partial charge in [-0.15, -0.1) is 11.3 Å². The molecule has 1 aromatic carbocycles. The Labute approximate surface area is 149 Å². The van der Waals surface area contributed by atoms with Crippen LogP contribution >= 0.6 is 11.3 Å². The van der Waals surface area contributed by atoms with Gasteiger partial charge in [0.25, 0.3) is 0 Å². The van der Waals surface area contributed by atoms with Crippen LogP contribution in [0.1, 0.15) is 18.5 Å². The predicted molar refractivity (Wildman–Crippen MR) is 96.1 cm³/mol. The minimum Gasteiger partial charge on any atom is -0.495 e. The summed E-state index contributed by atoms with van der Waals surface area (Å²) >= 11 is 1.43. The largest absolute Gasteiger partial charge is 0.495 e. The number of hydrogen-bond donors (Lipinski definition) is 2. The second-order valence-corrected chi connectivity index (χ2v) is 7.93. The third-order valence-electron chi connectivity index (χ3n) is 3.50. The average Bonchev–Trinajstić information content (AvgIpc) is 3.23. The summed E-state index contributed by atoms with van der Waals surface area (Å²) in [7, 11) is -2.16. The van der Waals surface area contributed by atoms with E-state index in [-0.39, 0.29) is 16.6 Å². The van der Waals surface area contributed by atoms with Gasteiger partial charge in [0.1, 0.15) is 5.75 Å². The number of hydrogen-bond acceptors (Lipinski definition) is 6. The Kier molecular flexibility index (Phi) is 5.16. The summed E-state index contributed by atoms with van der Waals surface area (Å²) in [4.78, 5) is 16.2. The highest BCUT2D eigenvalue weighted by Gasteiger charge is 2.28. The van der Waals surface area contributed by atoms with E-state index < -0.39 is 15.9 Å². The van der Waals surface area contributed by atoms with E-state index in [1.54, 1.807) is 17.0 Å². The molecule has 2 N–H and O–H groups in total. The molecule has 9 heteroatoms. The van der Waals surface area contributed by atoms with E-state index in [0.29, 0.717) is 11.4 Å². The lowest BCUT2D eigenvalue weighted by Crippen LogP contribution is -2.25. The number of amides is 1. The molecular formula is C16H17N3O4S2. The summed E-state index contributed by atoms with van der Waals surface area (Å²) in [5.74, 6) is -0.0308. The summed E-state index contributed by atoms with van der Waals surface area (Å²) < 4.78 is 32.4. The molecule has 0 atom stereocenters. The molecule has 1 aliphatic rings. The monoisotopic (exact) mass is 379 g/mol. The van der Waals surface area contributed by atoms with Gasteiger partial charge in [0.15, 0.2) is 0 Å².